The van der Waals surface area contributed by atoms with Gasteiger partial charge >= 0.3 is 0 Å². The van der Waals surface area contributed by atoms with E-state index in [9.17, 15) is 13.2 Å². The van der Waals surface area contributed by atoms with Gasteiger partial charge in [-0.2, -0.15) is 4.72 Å². The predicted octanol–water partition coefficient (Wildman–Crippen LogP) is 1.84. The number of hydrogen-bond donors (Lipinski definition) is 2. The van der Waals surface area contributed by atoms with Gasteiger partial charge in [0.05, 0.1) is 11.1 Å². The Bertz CT molecular complexity index is 587. The molecule has 20 heavy (non-hydrogen) atoms. The first-order valence-electron chi connectivity index (χ1n) is 6.34. The molecule has 1 aromatic carbocycles. The van der Waals surface area contributed by atoms with Crippen molar-refractivity contribution in [3.8, 4) is 0 Å². The molecule has 0 aliphatic heterocycles. The van der Waals surface area contributed by atoms with Crippen LogP contribution >= 0.6 is 11.6 Å². The van der Waals surface area contributed by atoms with E-state index in [1.165, 1.54) is 13.0 Å². The van der Waals surface area contributed by atoms with Gasteiger partial charge in [-0.1, -0.05) is 24.6 Å². The van der Waals surface area contributed by atoms with Crippen molar-refractivity contribution in [1.29, 1.82) is 0 Å². The van der Waals surface area contributed by atoms with Crippen molar-refractivity contribution in [2.75, 3.05) is 6.54 Å². The maximum Gasteiger partial charge on any atom is 0.242 e. The molecule has 7 heteroatoms. The van der Waals surface area contributed by atoms with Gasteiger partial charge in [0.15, 0.2) is 0 Å². The molecular weight excluding hydrogens is 300 g/mol. The van der Waals surface area contributed by atoms with Crippen LogP contribution in [0.2, 0.25) is 5.02 Å². The van der Waals surface area contributed by atoms with E-state index in [2.05, 4.69) is 10.0 Å². The maximum absolute atomic E-state index is 12.2. The first-order valence-corrected chi connectivity index (χ1v) is 8.20. The van der Waals surface area contributed by atoms with E-state index in [1.807, 2.05) is 13.8 Å². The van der Waals surface area contributed by atoms with Crippen LogP contribution in [0.4, 0.5) is 0 Å². The Morgan fingerprint density at radius 2 is 2.05 bits per heavy atom. The van der Waals surface area contributed by atoms with Crippen LogP contribution in [-0.4, -0.2) is 26.9 Å². The van der Waals surface area contributed by atoms with Gasteiger partial charge in [-0.3, -0.25) is 4.79 Å². The molecule has 0 saturated heterocycles. The summed E-state index contributed by atoms with van der Waals surface area (Å²) in [5.41, 5.74) is 0.864. The van der Waals surface area contributed by atoms with Crippen molar-refractivity contribution >= 4 is 27.5 Å². The Morgan fingerprint density at radius 3 is 2.60 bits per heavy atom. The summed E-state index contributed by atoms with van der Waals surface area (Å²) in [4.78, 5) is 11.7. The monoisotopic (exact) mass is 318 g/mol. The van der Waals surface area contributed by atoms with E-state index in [-0.39, 0.29) is 15.8 Å². The fourth-order valence-corrected chi connectivity index (χ4v) is 3.38. The minimum atomic E-state index is -3.82. The topological polar surface area (TPSA) is 75.3 Å². The summed E-state index contributed by atoms with van der Waals surface area (Å²) in [6.45, 7) is 5.73. The Balaban J connectivity index is 2.87. The first kappa shape index (κ1) is 16.9. The van der Waals surface area contributed by atoms with Crippen molar-refractivity contribution in [1.82, 2.24) is 10.0 Å². The van der Waals surface area contributed by atoms with E-state index >= 15 is 0 Å². The van der Waals surface area contributed by atoms with Crippen molar-refractivity contribution < 1.29 is 13.2 Å². The third-order valence-corrected chi connectivity index (χ3v) is 4.67. The number of aryl methyl sites for hydroxylation is 1. The molecule has 112 valence electrons. The second kappa shape index (κ2) is 7.06. The number of carbonyl (C=O) groups excluding carboxylic acids is 1. The number of benzene rings is 1. The standard InChI is InChI=1S/C13H19ClN2O3S/c1-4-7-15-13(17)10(3)16-20(18,19)12-6-5-9(2)8-11(12)14/h5-6,8,10,16H,4,7H2,1-3H3,(H,15,17). The Kier molecular flexibility index (Phi) is 5.98. The van der Waals surface area contributed by atoms with E-state index < -0.39 is 16.1 Å². The fraction of sp³-hybridized carbons (Fsp3) is 0.462. The number of sulfonamides is 1. The molecule has 0 bridgehead atoms. The van der Waals surface area contributed by atoms with Gasteiger partial charge in [0.25, 0.3) is 0 Å². The van der Waals surface area contributed by atoms with Gasteiger partial charge in [0.2, 0.25) is 15.9 Å². The third kappa shape index (κ3) is 4.47. The average molecular weight is 319 g/mol. The molecule has 0 aliphatic carbocycles. The quantitative estimate of drug-likeness (QED) is 0.840. The highest BCUT2D eigenvalue weighted by Gasteiger charge is 2.23. The lowest BCUT2D eigenvalue weighted by Crippen LogP contribution is -2.44. The lowest BCUT2D eigenvalue weighted by molar-refractivity contribution is -0.122. The van der Waals surface area contributed by atoms with Gasteiger partial charge in [0, 0.05) is 6.54 Å². The minimum Gasteiger partial charge on any atom is -0.355 e. The summed E-state index contributed by atoms with van der Waals surface area (Å²) in [6, 6.07) is 3.79. The van der Waals surface area contributed by atoms with Gasteiger partial charge in [-0.15, -0.1) is 0 Å². The fourth-order valence-electron chi connectivity index (χ4n) is 1.57. The zero-order valence-electron chi connectivity index (χ0n) is 11.7. The SMILES string of the molecule is CCCNC(=O)C(C)NS(=O)(=O)c1ccc(C)cc1Cl. The highest BCUT2D eigenvalue weighted by atomic mass is 35.5. The summed E-state index contributed by atoms with van der Waals surface area (Å²) in [7, 11) is -3.82. The molecular formula is C13H19ClN2O3S. The molecule has 2 N–H and O–H groups in total. The molecule has 0 spiro atoms. The van der Waals surface area contributed by atoms with Gasteiger partial charge in [0.1, 0.15) is 4.90 Å². The number of halogens is 1. The summed E-state index contributed by atoms with van der Waals surface area (Å²) in [5.74, 6) is -0.362. The number of carbonyl (C=O) groups is 1. The van der Waals surface area contributed by atoms with Gasteiger partial charge in [-0.25, -0.2) is 8.42 Å². The summed E-state index contributed by atoms with van der Waals surface area (Å²) < 4.78 is 26.7. The van der Waals surface area contributed by atoms with Crippen LogP contribution in [0.1, 0.15) is 25.8 Å². The minimum absolute atomic E-state index is 0.0279. The summed E-state index contributed by atoms with van der Waals surface area (Å²) >= 11 is 5.94. The van der Waals surface area contributed by atoms with Crippen LogP contribution in [0.3, 0.4) is 0 Å². The summed E-state index contributed by atoms with van der Waals surface area (Å²) in [5, 5.41) is 2.77. The van der Waals surface area contributed by atoms with Crippen molar-refractivity contribution in [2.45, 2.75) is 38.1 Å². The molecule has 0 fully saturated rings. The van der Waals surface area contributed by atoms with Crippen LogP contribution < -0.4 is 10.0 Å². The lowest BCUT2D eigenvalue weighted by atomic mass is 10.2. The van der Waals surface area contributed by atoms with Crippen LogP contribution in [0, 0.1) is 6.92 Å². The van der Waals surface area contributed by atoms with Crippen LogP contribution in [0.15, 0.2) is 23.1 Å². The van der Waals surface area contributed by atoms with Gasteiger partial charge in [-0.05, 0) is 38.0 Å². The number of amides is 1. The molecule has 0 saturated carbocycles. The molecule has 1 aromatic rings. The molecule has 1 rings (SSSR count). The van der Waals surface area contributed by atoms with Crippen LogP contribution in [0.5, 0.6) is 0 Å². The second-order valence-corrected chi connectivity index (χ2v) is 6.66. The molecule has 5 nitrogen and oxygen atoms in total. The van der Waals surface area contributed by atoms with Crippen LogP contribution in [-0.2, 0) is 14.8 Å². The van der Waals surface area contributed by atoms with E-state index in [0.29, 0.717) is 6.54 Å². The van der Waals surface area contributed by atoms with Crippen molar-refractivity contribution in [2.24, 2.45) is 0 Å². The Morgan fingerprint density at radius 1 is 1.40 bits per heavy atom. The van der Waals surface area contributed by atoms with E-state index in [4.69, 9.17) is 11.6 Å². The predicted molar refractivity (Wildman–Crippen MR) is 79.3 cm³/mol. The molecule has 1 unspecified atom stereocenters. The van der Waals surface area contributed by atoms with Gasteiger partial charge < -0.3 is 5.32 Å². The van der Waals surface area contributed by atoms with Crippen molar-refractivity contribution in [3.05, 3.63) is 28.8 Å². The third-order valence-electron chi connectivity index (χ3n) is 2.65. The van der Waals surface area contributed by atoms with E-state index in [0.717, 1.165) is 12.0 Å². The molecule has 1 atom stereocenters. The Labute approximate surface area is 124 Å². The Hall–Kier alpha value is -1.11. The highest BCUT2D eigenvalue weighted by molar-refractivity contribution is 7.89. The maximum atomic E-state index is 12.2. The second-order valence-electron chi connectivity index (χ2n) is 4.57. The van der Waals surface area contributed by atoms with Crippen LogP contribution in [0.25, 0.3) is 0 Å². The molecule has 0 radical (unpaired) electrons. The van der Waals surface area contributed by atoms with E-state index in [1.54, 1.807) is 12.1 Å². The normalized spacial score (nSPS) is 13.0. The average Bonchev–Trinajstić information content (AvgIpc) is 2.34. The lowest BCUT2D eigenvalue weighted by Gasteiger charge is -2.15. The first-order chi connectivity index (χ1) is 9.27. The molecule has 0 aliphatic rings. The summed E-state index contributed by atoms with van der Waals surface area (Å²) in [6.07, 6.45) is 0.787. The highest BCUT2D eigenvalue weighted by Crippen LogP contribution is 2.22. The smallest absolute Gasteiger partial charge is 0.242 e. The number of nitrogens with one attached hydrogen (secondary N) is 2. The number of rotatable bonds is 6. The molecule has 0 aromatic heterocycles. The molecule has 1 amide bonds. The molecule has 0 heterocycles. The number of hydrogen-bond acceptors (Lipinski definition) is 3. The largest absolute Gasteiger partial charge is 0.355 e. The zero-order chi connectivity index (χ0) is 15.3. The van der Waals surface area contributed by atoms with Crippen molar-refractivity contribution in [3.63, 3.8) is 0 Å². The zero-order valence-corrected chi connectivity index (χ0v) is 13.3.